The summed E-state index contributed by atoms with van der Waals surface area (Å²) in [5, 5.41) is 4.51. The van der Waals surface area contributed by atoms with Crippen molar-refractivity contribution in [2.24, 2.45) is 5.92 Å². The Labute approximate surface area is 117 Å². The zero-order chi connectivity index (χ0) is 13.0. The molecular formula is C12H18ClN3OS. The molecule has 1 aliphatic rings. The Kier molecular flexibility index (Phi) is 5.09. The van der Waals surface area contributed by atoms with Crippen molar-refractivity contribution in [2.75, 3.05) is 24.7 Å². The second-order valence-corrected chi connectivity index (χ2v) is 5.47. The Balaban J connectivity index is 1.95. The van der Waals surface area contributed by atoms with Crippen LogP contribution in [0.15, 0.2) is 11.2 Å². The third kappa shape index (κ3) is 3.49. The molecule has 100 valence electrons. The number of aromatic nitrogens is 2. The van der Waals surface area contributed by atoms with Gasteiger partial charge in [0.05, 0.1) is 6.10 Å². The zero-order valence-corrected chi connectivity index (χ0v) is 12.2. The highest BCUT2D eigenvalue weighted by atomic mass is 35.5. The van der Waals surface area contributed by atoms with Crippen molar-refractivity contribution in [3.05, 3.63) is 11.2 Å². The summed E-state index contributed by atoms with van der Waals surface area (Å²) >= 11 is 7.44. The van der Waals surface area contributed by atoms with E-state index in [4.69, 9.17) is 16.3 Å². The third-order valence-corrected chi connectivity index (χ3v) is 3.89. The van der Waals surface area contributed by atoms with Gasteiger partial charge in [0.25, 0.3) is 0 Å². The number of thioether (sulfide) groups is 1. The van der Waals surface area contributed by atoms with Crippen molar-refractivity contribution in [3.8, 4) is 0 Å². The lowest BCUT2D eigenvalue weighted by molar-refractivity contribution is 0.0900. The molecule has 18 heavy (non-hydrogen) atoms. The van der Waals surface area contributed by atoms with Crippen LogP contribution in [0.1, 0.15) is 19.8 Å². The molecule has 0 aliphatic carbocycles. The fourth-order valence-corrected chi connectivity index (χ4v) is 2.80. The average Bonchev–Trinajstić information content (AvgIpc) is 2.83. The Hall–Kier alpha value is -0.520. The maximum absolute atomic E-state index is 5.95. The summed E-state index contributed by atoms with van der Waals surface area (Å²) in [7, 11) is 0. The summed E-state index contributed by atoms with van der Waals surface area (Å²) in [6.45, 7) is 3.90. The van der Waals surface area contributed by atoms with E-state index in [1.54, 1.807) is 6.07 Å². The van der Waals surface area contributed by atoms with Crippen molar-refractivity contribution >= 4 is 29.2 Å². The molecule has 2 atom stereocenters. The SMILES string of the molecule is CCC1OCCC1CNc1cc(Cl)nc(SC)n1. The molecule has 0 radical (unpaired) electrons. The molecule has 2 heterocycles. The molecule has 0 bridgehead atoms. The van der Waals surface area contributed by atoms with Crippen LogP contribution < -0.4 is 5.32 Å². The lowest BCUT2D eigenvalue weighted by atomic mass is 10.00. The normalized spacial score (nSPS) is 23.3. The van der Waals surface area contributed by atoms with E-state index in [0.717, 1.165) is 31.8 Å². The molecule has 6 heteroatoms. The van der Waals surface area contributed by atoms with E-state index in [1.807, 2.05) is 6.26 Å². The predicted molar refractivity (Wildman–Crippen MR) is 75.5 cm³/mol. The highest BCUT2D eigenvalue weighted by molar-refractivity contribution is 7.98. The number of nitrogens with one attached hydrogen (secondary N) is 1. The standard InChI is InChI=1S/C12H18ClN3OS/c1-3-9-8(4-5-17-9)7-14-11-6-10(13)15-12(16-11)18-2/h6,8-9H,3-5,7H2,1-2H3,(H,14,15,16). The van der Waals surface area contributed by atoms with Crippen LogP contribution >= 0.6 is 23.4 Å². The van der Waals surface area contributed by atoms with E-state index in [-0.39, 0.29) is 0 Å². The van der Waals surface area contributed by atoms with Crippen molar-refractivity contribution < 1.29 is 4.74 Å². The highest BCUT2D eigenvalue weighted by Gasteiger charge is 2.26. The Bertz CT molecular complexity index is 405. The van der Waals surface area contributed by atoms with Crippen molar-refractivity contribution in [1.29, 1.82) is 0 Å². The molecule has 0 amide bonds. The number of rotatable bonds is 5. The van der Waals surface area contributed by atoms with Crippen LogP contribution in [-0.4, -0.2) is 35.5 Å². The molecule has 1 aromatic rings. The smallest absolute Gasteiger partial charge is 0.190 e. The molecule has 0 aromatic carbocycles. The van der Waals surface area contributed by atoms with Crippen LogP contribution in [0.25, 0.3) is 0 Å². The number of halogens is 1. The van der Waals surface area contributed by atoms with Gasteiger partial charge in [-0.3, -0.25) is 0 Å². The molecule has 1 aromatic heterocycles. The largest absolute Gasteiger partial charge is 0.378 e. The van der Waals surface area contributed by atoms with Crippen LogP contribution in [0.2, 0.25) is 5.15 Å². The number of hydrogen-bond donors (Lipinski definition) is 1. The van der Waals surface area contributed by atoms with E-state index in [0.29, 0.717) is 22.3 Å². The quantitative estimate of drug-likeness (QED) is 0.512. The van der Waals surface area contributed by atoms with Gasteiger partial charge in [-0.1, -0.05) is 30.3 Å². The van der Waals surface area contributed by atoms with Crippen molar-refractivity contribution in [2.45, 2.75) is 31.0 Å². The van der Waals surface area contributed by atoms with Gasteiger partial charge in [0.2, 0.25) is 0 Å². The Morgan fingerprint density at radius 2 is 2.39 bits per heavy atom. The summed E-state index contributed by atoms with van der Waals surface area (Å²) < 4.78 is 5.67. The maximum atomic E-state index is 5.95. The average molecular weight is 288 g/mol. The summed E-state index contributed by atoms with van der Waals surface area (Å²) in [4.78, 5) is 8.50. The van der Waals surface area contributed by atoms with Crippen molar-refractivity contribution in [1.82, 2.24) is 9.97 Å². The molecule has 1 fully saturated rings. The number of ether oxygens (including phenoxy) is 1. The van der Waals surface area contributed by atoms with Gasteiger partial charge in [-0.2, -0.15) is 0 Å². The number of nitrogens with zero attached hydrogens (tertiary/aromatic N) is 2. The van der Waals surface area contributed by atoms with Gasteiger partial charge in [0.15, 0.2) is 5.16 Å². The summed E-state index contributed by atoms with van der Waals surface area (Å²) in [6.07, 6.45) is 4.48. The fraction of sp³-hybridized carbons (Fsp3) is 0.667. The van der Waals surface area contributed by atoms with E-state index in [2.05, 4.69) is 22.2 Å². The Morgan fingerprint density at radius 3 is 3.11 bits per heavy atom. The summed E-state index contributed by atoms with van der Waals surface area (Å²) in [5.41, 5.74) is 0. The summed E-state index contributed by atoms with van der Waals surface area (Å²) in [6, 6.07) is 1.76. The molecule has 4 nitrogen and oxygen atoms in total. The number of anilines is 1. The highest BCUT2D eigenvalue weighted by Crippen LogP contribution is 2.24. The third-order valence-electron chi connectivity index (χ3n) is 3.15. The van der Waals surface area contributed by atoms with E-state index >= 15 is 0 Å². The van der Waals surface area contributed by atoms with Crippen LogP contribution in [0, 0.1) is 5.92 Å². The lowest BCUT2D eigenvalue weighted by Gasteiger charge is -2.17. The van der Waals surface area contributed by atoms with Gasteiger partial charge in [0, 0.05) is 25.1 Å². The molecule has 0 saturated carbocycles. The summed E-state index contributed by atoms with van der Waals surface area (Å²) in [5.74, 6) is 1.35. The molecule has 1 saturated heterocycles. The first-order valence-corrected chi connectivity index (χ1v) is 7.77. The monoisotopic (exact) mass is 287 g/mol. The first kappa shape index (κ1) is 13.9. The van der Waals surface area contributed by atoms with Gasteiger partial charge in [0.1, 0.15) is 11.0 Å². The first-order valence-electron chi connectivity index (χ1n) is 6.17. The van der Waals surface area contributed by atoms with Crippen molar-refractivity contribution in [3.63, 3.8) is 0 Å². The van der Waals surface area contributed by atoms with Crippen LogP contribution in [0.3, 0.4) is 0 Å². The molecule has 2 rings (SSSR count). The minimum atomic E-state index is 0.370. The minimum Gasteiger partial charge on any atom is -0.378 e. The van der Waals surface area contributed by atoms with E-state index in [9.17, 15) is 0 Å². The van der Waals surface area contributed by atoms with Gasteiger partial charge < -0.3 is 10.1 Å². The van der Waals surface area contributed by atoms with Crippen LogP contribution in [0.5, 0.6) is 0 Å². The first-order chi connectivity index (χ1) is 8.72. The van der Waals surface area contributed by atoms with E-state index < -0.39 is 0 Å². The topological polar surface area (TPSA) is 47.0 Å². The van der Waals surface area contributed by atoms with Gasteiger partial charge in [-0.25, -0.2) is 9.97 Å². The molecule has 1 N–H and O–H groups in total. The molecule has 2 unspecified atom stereocenters. The van der Waals surface area contributed by atoms with Gasteiger partial charge in [-0.05, 0) is 19.1 Å². The van der Waals surface area contributed by atoms with Crippen LogP contribution in [-0.2, 0) is 4.74 Å². The van der Waals surface area contributed by atoms with Gasteiger partial charge in [-0.15, -0.1) is 0 Å². The van der Waals surface area contributed by atoms with Gasteiger partial charge >= 0.3 is 0 Å². The fourth-order valence-electron chi connectivity index (χ4n) is 2.19. The zero-order valence-electron chi connectivity index (χ0n) is 10.6. The van der Waals surface area contributed by atoms with E-state index in [1.165, 1.54) is 11.8 Å². The molecule has 0 spiro atoms. The lowest BCUT2D eigenvalue weighted by Crippen LogP contribution is -2.23. The molecule has 1 aliphatic heterocycles. The predicted octanol–water partition coefficient (Wildman–Crippen LogP) is 3.08. The maximum Gasteiger partial charge on any atom is 0.190 e. The van der Waals surface area contributed by atoms with Crippen LogP contribution in [0.4, 0.5) is 5.82 Å². The number of hydrogen-bond acceptors (Lipinski definition) is 5. The second-order valence-electron chi connectivity index (χ2n) is 4.31. The minimum absolute atomic E-state index is 0.370. The second kappa shape index (κ2) is 6.59. The molecular weight excluding hydrogens is 270 g/mol. The Morgan fingerprint density at radius 1 is 1.56 bits per heavy atom.